The molecule has 0 saturated heterocycles. The Labute approximate surface area is 66.6 Å². The Morgan fingerprint density at radius 3 is 2.91 bits per heavy atom. The van der Waals surface area contributed by atoms with Gasteiger partial charge in [0.1, 0.15) is 17.2 Å². The first kappa shape index (κ1) is 8.00. The van der Waals surface area contributed by atoms with Crippen LogP contribution in [0.15, 0.2) is 23.4 Å². The molecule has 0 aliphatic carbocycles. The Kier molecular flexibility index (Phi) is 2.43. The quantitative estimate of drug-likeness (QED) is 0.740. The summed E-state index contributed by atoms with van der Waals surface area (Å²) in [5, 5.41) is 8.37. The lowest BCUT2D eigenvalue weighted by atomic mass is 10.3. The first-order valence-corrected chi connectivity index (χ1v) is 3.44. The molecule has 3 nitrogen and oxygen atoms in total. The lowest BCUT2D eigenvalue weighted by molar-refractivity contribution is 0.0692. The zero-order valence-electron chi connectivity index (χ0n) is 5.32. The molecule has 0 radical (unpaired) electrons. The van der Waals surface area contributed by atoms with Gasteiger partial charge in [-0.1, -0.05) is 0 Å². The molecule has 0 aliphatic rings. The van der Waals surface area contributed by atoms with Gasteiger partial charge >= 0.3 is 5.97 Å². The van der Waals surface area contributed by atoms with Gasteiger partial charge in [-0.05, 0) is 12.1 Å². The summed E-state index contributed by atoms with van der Waals surface area (Å²) in [5.41, 5.74) is -0.111. The maximum absolute atomic E-state index is 11.9. The van der Waals surface area contributed by atoms with Gasteiger partial charge in [-0.25, -0.2) is 9.78 Å². The van der Waals surface area contributed by atoms with Crippen molar-refractivity contribution in [2.75, 3.05) is 0 Å². The van der Waals surface area contributed by atoms with Gasteiger partial charge in [-0.2, -0.15) is 3.89 Å². The third-order valence-corrected chi connectivity index (χ3v) is 1.55. The second-order valence-electron chi connectivity index (χ2n) is 1.74. The first-order valence-electron chi connectivity index (χ1n) is 2.72. The van der Waals surface area contributed by atoms with Crippen LogP contribution in [0.25, 0.3) is 0 Å². The third-order valence-electron chi connectivity index (χ3n) is 1.07. The van der Waals surface area contributed by atoms with Gasteiger partial charge in [0.15, 0.2) is 0 Å². The summed E-state index contributed by atoms with van der Waals surface area (Å²) in [5.74, 6) is -1.17. The monoisotopic (exact) mass is 173 g/mol. The normalized spacial score (nSPS) is 9.55. The molecule has 1 aromatic heterocycles. The van der Waals surface area contributed by atoms with E-state index in [9.17, 15) is 8.68 Å². The summed E-state index contributed by atoms with van der Waals surface area (Å²) in [6, 6.07) is 2.75. The number of carbonyl (C=O) groups is 1. The van der Waals surface area contributed by atoms with E-state index in [-0.39, 0.29) is 22.7 Å². The van der Waals surface area contributed by atoms with Crippen molar-refractivity contribution < 1.29 is 13.8 Å². The molecule has 0 atom stereocenters. The Hall–Kier alpha value is -1.10. The average Bonchev–Trinajstić information content (AvgIpc) is 2.04. The molecule has 0 unspecified atom stereocenters. The standard InChI is InChI=1S/C6H4FNO2S/c7-11-5-4(6(9)10)2-1-3-8-5/h1-3H,(H,9,10). The van der Waals surface area contributed by atoms with E-state index in [1.165, 1.54) is 18.3 Å². The van der Waals surface area contributed by atoms with E-state index in [0.717, 1.165) is 0 Å². The van der Waals surface area contributed by atoms with Crippen LogP contribution in [-0.4, -0.2) is 16.1 Å². The minimum Gasteiger partial charge on any atom is -0.478 e. The number of nitrogens with zero attached hydrogens (tertiary/aromatic N) is 1. The van der Waals surface area contributed by atoms with E-state index >= 15 is 0 Å². The summed E-state index contributed by atoms with van der Waals surface area (Å²) in [6.45, 7) is 0. The first-order chi connectivity index (χ1) is 5.25. The van der Waals surface area contributed by atoms with E-state index in [1.54, 1.807) is 0 Å². The molecule has 0 aromatic carbocycles. The van der Waals surface area contributed by atoms with E-state index < -0.39 is 5.97 Å². The number of halogens is 1. The van der Waals surface area contributed by atoms with Gasteiger partial charge in [0.2, 0.25) is 0 Å². The SMILES string of the molecule is O=C(O)c1cccnc1SF. The zero-order valence-corrected chi connectivity index (χ0v) is 6.14. The Morgan fingerprint density at radius 1 is 1.73 bits per heavy atom. The zero-order chi connectivity index (χ0) is 8.27. The molecule has 11 heavy (non-hydrogen) atoms. The fourth-order valence-corrected chi connectivity index (χ4v) is 0.954. The number of carboxylic acids is 1. The van der Waals surface area contributed by atoms with Gasteiger partial charge < -0.3 is 5.11 Å². The molecule has 1 rings (SSSR count). The summed E-state index contributed by atoms with van der Waals surface area (Å²) < 4.78 is 11.9. The molecule has 0 aliphatic heterocycles. The van der Waals surface area contributed by atoms with Crippen LogP contribution < -0.4 is 0 Å². The van der Waals surface area contributed by atoms with Gasteiger partial charge in [-0.3, -0.25) is 0 Å². The Balaban J connectivity index is 3.12. The van der Waals surface area contributed by atoms with Crippen LogP contribution >= 0.6 is 12.1 Å². The smallest absolute Gasteiger partial charge is 0.338 e. The van der Waals surface area contributed by atoms with Crippen LogP contribution in [0.2, 0.25) is 0 Å². The molecule has 5 heteroatoms. The van der Waals surface area contributed by atoms with E-state index in [2.05, 4.69) is 4.98 Å². The van der Waals surface area contributed by atoms with Crippen LogP contribution in [0, 0.1) is 0 Å². The second kappa shape index (κ2) is 3.34. The van der Waals surface area contributed by atoms with E-state index in [4.69, 9.17) is 5.11 Å². The summed E-state index contributed by atoms with van der Waals surface area (Å²) in [4.78, 5) is 13.9. The molecular formula is C6H4FNO2S. The highest BCUT2D eigenvalue weighted by molar-refractivity contribution is 7.94. The molecule has 0 saturated carbocycles. The van der Waals surface area contributed by atoms with Gasteiger partial charge in [0, 0.05) is 6.20 Å². The fourth-order valence-electron chi connectivity index (χ4n) is 0.615. The number of carboxylic acid groups (broad SMARTS) is 1. The lowest BCUT2D eigenvalue weighted by Gasteiger charge is -1.95. The van der Waals surface area contributed by atoms with Crippen molar-refractivity contribution in [1.29, 1.82) is 0 Å². The molecule has 58 valence electrons. The Morgan fingerprint density at radius 2 is 2.45 bits per heavy atom. The second-order valence-corrected chi connectivity index (χ2v) is 2.28. The number of aromatic carboxylic acids is 1. The predicted octanol–water partition coefficient (Wildman–Crippen LogP) is 1.76. The highest BCUT2D eigenvalue weighted by Crippen LogP contribution is 2.19. The number of rotatable bonds is 2. The van der Waals surface area contributed by atoms with Crippen LogP contribution in [0.1, 0.15) is 10.4 Å². The van der Waals surface area contributed by atoms with Crippen molar-refractivity contribution in [3.8, 4) is 0 Å². The Bertz CT molecular complexity index is 279. The fraction of sp³-hybridized carbons (Fsp3) is 0. The van der Waals surface area contributed by atoms with E-state index in [0.29, 0.717) is 0 Å². The molecule has 1 N–H and O–H groups in total. The molecule has 1 aromatic rings. The van der Waals surface area contributed by atoms with Crippen molar-refractivity contribution in [3.05, 3.63) is 23.9 Å². The van der Waals surface area contributed by atoms with Crippen molar-refractivity contribution in [1.82, 2.24) is 4.98 Å². The summed E-state index contributed by atoms with van der Waals surface area (Å²) in [7, 11) is 0. The maximum atomic E-state index is 11.9. The number of aromatic nitrogens is 1. The minimum atomic E-state index is -1.17. The molecule has 0 bridgehead atoms. The molecule has 0 fully saturated rings. The van der Waals surface area contributed by atoms with Crippen LogP contribution in [-0.2, 0) is 0 Å². The molecule has 1 heterocycles. The number of pyridine rings is 1. The predicted molar refractivity (Wildman–Crippen MR) is 38.2 cm³/mol. The topological polar surface area (TPSA) is 50.2 Å². The van der Waals surface area contributed by atoms with Crippen LogP contribution in [0.5, 0.6) is 0 Å². The molecule has 0 amide bonds. The van der Waals surface area contributed by atoms with Crippen molar-refractivity contribution in [3.63, 3.8) is 0 Å². The lowest BCUT2D eigenvalue weighted by Crippen LogP contribution is -1.98. The van der Waals surface area contributed by atoms with Gasteiger partial charge in [0.05, 0.1) is 5.56 Å². The van der Waals surface area contributed by atoms with E-state index in [1.807, 2.05) is 0 Å². The minimum absolute atomic E-state index is 0.111. The number of hydrogen-bond donors (Lipinski definition) is 1. The van der Waals surface area contributed by atoms with Gasteiger partial charge in [0.25, 0.3) is 0 Å². The summed E-state index contributed by atoms with van der Waals surface area (Å²) >= 11 is -0.168. The highest BCUT2D eigenvalue weighted by atomic mass is 32.2. The molecular weight excluding hydrogens is 169 g/mol. The largest absolute Gasteiger partial charge is 0.478 e. The van der Waals surface area contributed by atoms with Gasteiger partial charge in [-0.15, -0.1) is 0 Å². The summed E-state index contributed by atoms with van der Waals surface area (Å²) in [6.07, 6.45) is 1.34. The van der Waals surface area contributed by atoms with Crippen molar-refractivity contribution in [2.45, 2.75) is 5.03 Å². The van der Waals surface area contributed by atoms with Crippen LogP contribution in [0.4, 0.5) is 3.89 Å². The molecule has 0 spiro atoms. The third kappa shape index (κ3) is 1.68. The average molecular weight is 173 g/mol. The maximum Gasteiger partial charge on any atom is 0.338 e. The number of hydrogen-bond acceptors (Lipinski definition) is 3. The highest BCUT2D eigenvalue weighted by Gasteiger charge is 2.10. The van der Waals surface area contributed by atoms with Crippen LogP contribution in [0.3, 0.4) is 0 Å². The van der Waals surface area contributed by atoms with Crippen molar-refractivity contribution in [2.24, 2.45) is 0 Å². The van der Waals surface area contributed by atoms with Crippen molar-refractivity contribution >= 4 is 18.1 Å².